The van der Waals surface area contributed by atoms with E-state index in [0.717, 1.165) is 29.6 Å². The summed E-state index contributed by atoms with van der Waals surface area (Å²) in [4.78, 5) is 26.7. The monoisotopic (exact) mass is 368 g/mol. The van der Waals surface area contributed by atoms with Crippen LogP contribution in [-0.2, 0) is 17.5 Å². The Kier molecular flexibility index (Phi) is 6.19. The third kappa shape index (κ3) is 5.90. The Morgan fingerprint density at radius 1 is 1.12 bits per heavy atom. The van der Waals surface area contributed by atoms with E-state index >= 15 is 0 Å². The molecule has 0 aliphatic rings. The highest BCUT2D eigenvalue weighted by atomic mass is 32.2. The third-order valence-electron chi connectivity index (χ3n) is 3.23. The molecule has 4 nitrogen and oxygen atoms in total. The van der Waals surface area contributed by atoms with Gasteiger partial charge in [0.15, 0.2) is 5.78 Å². The molecule has 2 rings (SSSR count). The summed E-state index contributed by atoms with van der Waals surface area (Å²) in [5.41, 5.74) is 0.535. The van der Waals surface area contributed by atoms with E-state index in [2.05, 4.69) is 10.3 Å². The fourth-order valence-corrected chi connectivity index (χ4v) is 2.63. The number of thioether (sulfide) groups is 1. The lowest BCUT2D eigenvalue weighted by Crippen LogP contribution is -2.18. The van der Waals surface area contributed by atoms with Gasteiger partial charge < -0.3 is 5.32 Å². The van der Waals surface area contributed by atoms with Gasteiger partial charge in [0.2, 0.25) is 5.91 Å². The molecule has 8 heteroatoms. The Labute approximate surface area is 146 Å². The van der Waals surface area contributed by atoms with Crippen molar-refractivity contribution in [3.63, 3.8) is 0 Å². The average Bonchev–Trinajstić information content (AvgIpc) is 2.58. The number of carbonyl (C=O) groups is 2. The van der Waals surface area contributed by atoms with Crippen LogP contribution in [-0.4, -0.2) is 22.4 Å². The minimum absolute atomic E-state index is 0.0728. The molecule has 1 aromatic carbocycles. The number of carbonyl (C=O) groups excluding carboxylic acids is 2. The Hall–Kier alpha value is -2.35. The van der Waals surface area contributed by atoms with E-state index in [9.17, 15) is 22.8 Å². The fourth-order valence-electron chi connectivity index (χ4n) is 1.89. The molecule has 0 bridgehead atoms. The number of hydrogen-bond acceptors (Lipinski definition) is 4. The molecule has 0 saturated heterocycles. The SMILES string of the molecule is CC(=O)NCc1ccc(C(=O)CSc2ccc(C(F)(F)F)cn2)cc1. The maximum atomic E-state index is 12.5. The van der Waals surface area contributed by atoms with Crippen LogP contribution in [0.5, 0.6) is 0 Å². The second kappa shape index (κ2) is 8.15. The predicted molar refractivity (Wildman–Crippen MR) is 88.3 cm³/mol. The van der Waals surface area contributed by atoms with Crippen molar-refractivity contribution in [1.82, 2.24) is 10.3 Å². The van der Waals surface area contributed by atoms with Gasteiger partial charge >= 0.3 is 6.18 Å². The molecular weight excluding hydrogens is 353 g/mol. The maximum absolute atomic E-state index is 12.5. The average molecular weight is 368 g/mol. The first-order valence-electron chi connectivity index (χ1n) is 7.28. The molecule has 0 fully saturated rings. The van der Waals surface area contributed by atoms with Crippen molar-refractivity contribution in [2.24, 2.45) is 0 Å². The van der Waals surface area contributed by atoms with Crippen LogP contribution in [0, 0.1) is 0 Å². The molecular formula is C17H15F3N2O2S. The standard InChI is InChI=1S/C17H15F3N2O2S/c1-11(23)21-8-12-2-4-13(5-3-12)15(24)10-25-16-7-6-14(9-22-16)17(18,19)20/h2-7,9H,8,10H2,1H3,(H,21,23). The Balaban J connectivity index is 1.90. The van der Waals surface area contributed by atoms with Gasteiger partial charge in [-0.05, 0) is 17.7 Å². The summed E-state index contributed by atoms with van der Waals surface area (Å²) in [7, 11) is 0. The lowest BCUT2D eigenvalue weighted by molar-refractivity contribution is -0.137. The number of pyridine rings is 1. The number of amides is 1. The smallest absolute Gasteiger partial charge is 0.352 e. The molecule has 1 amide bonds. The first-order valence-corrected chi connectivity index (χ1v) is 8.27. The van der Waals surface area contributed by atoms with Crippen LogP contribution < -0.4 is 5.32 Å². The Bertz CT molecular complexity index is 744. The van der Waals surface area contributed by atoms with E-state index in [0.29, 0.717) is 17.1 Å². The predicted octanol–water partition coefficient (Wildman–Crippen LogP) is 3.71. The van der Waals surface area contributed by atoms with Gasteiger partial charge in [0.05, 0.1) is 16.3 Å². The first kappa shape index (κ1) is 19.0. The number of hydrogen-bond donors (Lipinski definition) is 1. The van der Waals surface area contributed by atoms with Crippen molar-refractivity contribution >= 4 is 23.5 Å². The fraction of sp³-hybridized carbons (Fsp3) is 0.235. The van der Waals surface area contributed by atoms with Gasteiger partial charge in [0.1, 0.15) is 0 Å². The number of alkyl halides is 3. The topological polar surface area (TPSA) is 59.1 Å². The maximum Gasteiger partial charge on any atom is 0.417 e. The van der Waals surface area contributed by atoms with Crippen molar-refractivity contribution in [3.8, 4) is 0 Å². The van der Waals surface area contributed by atoms with Crippen LogP contribution in [0.3, 0.4) is 0 Å². The van der Waals surface area contributed by atoms with Gasteiger partial charge in [-0.3, -0.25) is 9.59 Å². The molecule has 132 valence electrons. The second-order valence-electron chi connectivity index (χ2n) is 5.20. The number of rotatable bonds is 6. The van der Waals surface area contributed by atoms with E-state index < -0.39 is 11.7 Å². The summed E-state index contributed by atoms with van der Waals surface area (Å²) < 4.78 is 37.4. The zero-order chi connectivity index (χ0) is 18.4. The van der Waals surface area contributed by atoms with Crippen molar-refractivity contribution < 1.29 is 22.8 Å². The summed E-state index contributed by atoms with van der Waals surface area (Å²) >= 11 is 1.08. The van der Waals surface area contributed by atoms with Gasteiger partial charge in [-0.2, -0.15) is 13.2 Å². The van der Waals surface area contributed by atoms with Crippen LogP contribution in [0.25, 0.3) is 0 Å². The summed E-state index contributed by atoms with van der Waals surface area (Å²) in [6.07, 6.45) is -3.67. The van der Waals surface area contributed by atoms with Gasteiger partial charge in [-0.15, -0.1) is 0 Å². The molecule has 0 aliphatic carbocycles. The van der Waals surface area contributed by atoms with E-state index in [1.807, 2.05) is 0 Å². The number of aromatic nitrogens is 1. The number of nitrogens with zero attached hydrogens (tertiary/aromatic N) is 1. The molecule has 1 N–H and O–H groups in total. The summed E-state index contributed by atoms with van der Waals surface area (Å²) in [5.74, 6) is -0.220. The zero-order valence-corrected chi connectivity index (χ0v) is 14.1. The van der Waals surface area contributed by atoms with Gasteiger partial charge in [0.25, 0.3) is 0 Å². The van der Waals surface area contributed by atoms with Gasteiger partial charge in [-0.25, -0.2) is 4.98 Å². The van der Waals surface area contributed by atoms with E-state index in [-0.39, 0.29) is 17.4 Å². The molecule has 0 aliphatic heterocycles. The molecule has 0 saturated carbocycles. The number of nitrogens with one attached hydrogen (secondary N) is 1. The molecule has 1 aromatic heterocycles. The number of benzene rings is 1. The van der Waals surface area contributed by atoms with Crippen molar-refractivity contribution in [2.75, 3.05) is 5.75 Å². The first-order chi connectivity index (χ1) is 11.8. The summed E-state index contributed by atoms with van der Waals surface area (Å²) in [6, 6.07) is 8.97. The van der Waals surface area contributed by atoms with E-state index in [4.69, 9.17) is 0 Å². The van der Waals surface area contributed by atoms with Crippen LogP contribution >= 0.6 is 11.8 Å². The van der Waals surface area contributed by atoms with Crippen molar-refractivity contribution in [1.29, 1.82) is 0 Å². The highest BCUT2D eigenvalue weighted by molar-refractivity contribution is 7.99. The lowest BCUT2D eigenvalue weighted by Gasteiger charge is -2.07. The molecule has 0 unspecified atom stereocenters. The normalized spacial score (nSPS) is 11.2. The largest absolute Gasteiger partial charge is 0.417 e. The Morgan fingerprint density at radius 2 is 1.80 bits per heavy atom. The molecule has 2 aromatic rings. The summed E-state index contributed by atoms with van der Waals surface area (Å²) in [5, 5.41) is 3.01. The van der Waals surface area contributed by atoms with Crippen LogP contribution in [0.2, 0.25) is 0 Å². The highest BCUT2D eigenvalue weighted by Gasteiger charge is 2.30. The van der Waals surface area contributed by atoms with Crippen molar-refractivity contribution in [3.05, 3.63) is 59.3 Å². The van der Waals surface area contributed by atoms with Gasteiger partial charge in [-0.1, -0.05) is 36.0 Å². The molecule has 0 spiro atoms. The van der Waals surface area contributed by atoms with Crippen LogP contribution in [0.1, 0.15) is 28.4 Å². The third-order valence-corrected chi connectivity index (χ3v) is 4.18. The lowest BCUT2D eigenvalue weighted by atomic mass is 10.1. The highest BCUT2D eigenvalue weighted by Crippen LogP contribution is 2.29. The molecule has 0 atom stereocenters. The minimum Gasteiger partial charge on any atom is -0.352 e. The number of ketones is 1. The quantitative estimate of drug-likeness (QED) is 0.624. The molecule has 0 radical (unpaired) electrons. The van der Waals surface area contributed by atoms with Crippen molar-refractivity contribution in [2.45, 2.75) is 24.7 Å². The van der Waals surface area contributed by atoms with E-state index in [1.165, 1.54) is 13.0 Å². The molecule has 25 heavy (non-hydrogen) atoms. The van der Waals surface area contributed by atoms with E-state index in [1.54, 1.807) is 24.3 Å². The van der Waals surface area contributed by atoms with Crippen LogP contribution in [0.4, 0.5) is 13.2 Å². The minimum atomic E-state index is -4.43. The van der Waals surface area contributed by atoms with Gasteiger partial charge in [0, 0.05) is 25.2 Å². The zero-order valence-electron chi connectivity index (χ0n) is 13.3. The summed E-state index contributed by atoms with van der Waals surface area (Å²) in [6.45, 7) is 1.80. The Morgan fingerprint density at radius 3 is 2.32 bits per heavy atom. The number of Topliss-reactive ketones (excluding diaryl/α,β-unsaturated/α-hetero) is 1. The second-order valence-corrected chi connectivity index (χ2v) is 6.20. The number of halogens is 3. The van der Waals surface area contributed by atoms with Crippen LogP contribution in [0.15, 0.2) is 47.6 Å². The molecule has 1 heterocycles.